The molecule has 0 saturated carbocycles. The molecule has 3 rings (SSSR count). The second-order valence-corrected chi connectivity index (χ2v) is 7.82. The van der Waals surface area contributed by atoms with Crippen molar-refractivity contribution < 1.29 is 0 Å². The highest BCUT2D eigenvalue weighted by atomic mass is 32.1. The van der Waals surface area contributed by atoms with Crippen LogP contribution in [0.4, 0.5) is 0 Å². The van der Waals surface area contributed by atoms with E-state index in [0.717, 1.165) is 10.7 Å². The van der Waals surface area contributed by atoms with Gasteiger partial charge in [-0.05, 0) is 17.9 Å². The Bertz CT molecular complexity index is 762. The van der Waals surface area contributed by atoms with E-state index in [1.807, 2.05) is 6.07 Å². The highest BCUT2D eigenvalue weighted by Gasteiger charge is 2.15. The van der Waals surface area contributed by atoms with Crippen LogP contribution in [0.25, 0.3) is 21.8 Å². The third-order valence-corrected chi connectivity index (χ3v) is 4.86. The van der Waals surface area contributed by atoms with Crippen molar-refractivity contribution in [2.45, 2.75) is 33.1 Å². The molecule has 112 valence electrons. The third-order valence-electron chi connectivity index (χ3n) is 3.84. The van der Waals surface area contributed by atoms with Crippen LogP contribution in [-0.2, 0) is 5.41 Å². The summed E-state index contributed by atoms with van der Waals surface area (Å²) >= 11 is 1.76. The zero-order valence-corrected chi connectivity index (χ0v) is 14.4. The predicted octanol–water partition coefficient (Wildman–Crippen LogP) is 6.08. The minimum Gasteiger partial charge on any atom is -0.236 e. The van der Waals surface area contributed by atoms with Gasteiger partial charge in [-0.15, -0.1) is 11.3 Å². The molecule has 2 aromatic carbocycles. The van der Waals surface area contributed by atoms with Gasteiger partial charge in [-0.1, -0.05) is 75.4 Å². The Morgan fingerprint density at radius 2 is 1.45 bits per heavy atom. The van der Waals surface area contributed by atoms with E-state index in [0.29, 0.717) is 0 Å². The highest BCUT2D eigenvalue weighted by molar-refractivity contribution is 7.15. The molecule has 2 heteroatoms. The van der Waals surface area contributed by atoms with Gasteiger partial charge in [0.1, 0.15) is 5.01 Å². The summed E-state index contributed by atoms with van der Waals surface area (Å²) in [6, 6.07) is 19.2. The number of hydrogen-bond donors (Lipinski definition) is 0. The van der Waals surface area contributed by atoms with E-state index in [2.05, 4.69) is 76.2 Å². The summed E-state index contributed by atoms with van der Waals surface area (Å²) in [5, 5.41) is 1.09. The van der Waals surface area contributed by atoms with Gasteiger partial charge in [0, 0.05) is 16.0 Å². The van der Waals surface area contributed by atoms with Crippen molar-refractivity contribution in [3.63, 3.8) is 0 Å². The fraction of sp³-hybridized carbons (Fsp3) is 0.250. The highest BCUT2D eigenvalue weighted by Crippen LogP contribution is 2.34. The fourth-order valence-corrected chi connectivity index (χ4v) is 3.44. The zero-order valence-electron chi connectivity index (χ0n) is 13.6. The number of aromatic nitrogens is 1. The summed E-state index contributed by atoms with van der Waals surface area (Å²) in [6.07, 6.45) is 0. The second kappa shape index (κ2) is 5.69. The number of nitrogens with zero attached hydrogens (tertiary/aromatic N) is 1. The van der Waals surface area contributed by atoms with Gasteiger partial charge in [0.2, 0.25) is 0 Å². The van der Waals surface area contributed by atoms with Gasteiger partial charge in [-0.2, -0.15) is 0 Å². The maximum atomic E-state index is 4.86. The maximum absolute atomic E-state index is 4.86. The quantitative estimate of drug-likeness (QED) is 0.559. The molecule has 0 amide bonds. The summed E-state index contributed by atoms with van der Waals surface area (Å²) in [7, 11) is 0. The molecule has 0 fully saturated rings. The van der Waals surface area contributed by atoms with Crippen LogP contribution in [0.1, 0.15) is 31.2 Å². The molecule has 0 aliphatic carbocycles. The predicted molar refractivity (Wildman–Crippen MR) is 96.4 cm³/mol. The minimum atomic E-state index is 0.185. The lowest BCUT2D eigenvalue weighted by Crippen LogP contribution is -2.10. The van der Waals surface area contributed by atoms with Crippen LogP contribution in [-0.4, -0.2) is 4.98 Å². The Hall–Kier alpha value is -1.93. The van der Waals surface area contributed by atoms with Crippen LogP contribution in [0.5, 0.6) is 0 Å². The van der Waals surface area contributed by atoms with Crippen molar-refractivity contribution in [2.24, 2.45) is 0 Å². The largest absolute Gasteiger partial charge is 0.236 e. The monoisotopic (exact) mass is 307 g/mol. The molecule has 0 bridgehead atoms. The van der Waals surface area contributed by atoms with Gasteiger partial charge in [0.15, 0.2) is 0 Å². The van der Waals surface area contributed by atoms with E-state index in [1.165, 1.54) is 21.6 Å². The van der Waals surface area contributed by atoms with E-state index in [4.69, 9.17) is 4.98 Å². The average Bonchev–Trinajstić information content (AvgIpc) is 2.89. The Labute approximate surface area is 136 Å². The van der Waals surface area contributed by atoms with Gasteiger partial charge >= 0.3 is 0 Å². The van der Waals surface area contributed by atoms with Crippen LogP contribution in [0.3, 0.4) is 0 Å². The molecule has 3 aromatic rings. The summed E-state index contributed by atoms with van der Waals surface area (Å²) in [4.78, 5) is 6.13. The lowest BCUT2D eigenvalue weighted by Gasteiger charge is -2.19. The Kier molecular flexibility index (Phi) is 3.88. The van der Waals surface area contributed by atoms with Crippen molar-refractivity contribution in [2.75, 3.05) is 0 Å². The molecule has 0 saturated heterocycles. The first-order valence-corrected chi connectivity index (χ1v) is 8.40. The molecule has 1 aromatic heterocycles. The van der Waals surface area contributed by atoms with Crippen LogP contribution in [0.15, 0.2) is 54.6 Å². The van der Waals surface area contributed by atoms with E-state index >= 15 is 0 Å². The molecule has 0 N–H and O–H groups in total. The smallest absolute Gasteiger partial charge is 0.124 e. The topological polar surface area (TPSA) is 12.9 Å². The standard InChI is InChI=1S/C20H21NS/c1-14-18(15-10-12-17(13-11-15)20(2,3)4)21-19(22-14)16-8-6-5-7-9-16/h5-13H,1-4H3. The van der Waals surface area contributed by atoms with Crippen LogP contribution in [0, 0.1) is 6.92 Å². The number of benzene rings is 2. The van der Waals surface area contributed by atoms with Crippen molar-refractivity contribution in [1.82, 2.24) is 4.98 Å². The van der Waals surface area contributed by atoms with Crippen LogP contribution < -0.4 is 0 Å². The molecule has 0 unspecified atom stereocenters. The molecule has 1 heterocycles. The first-order valence-electron chi connectivity index (χ1n) is 7.59. The van der Waals surface area contributed by atoms with E-state index in [-0.39, 0.29) is 5.41 Å². The minimum absolute atomic E-state index is 0.185. The average molecular weight is 307 g/mol. The summed E-state index contributed by atoms with van der Waals surface area (Å²) in [6.45, 7) is 8.87. The normalized spacial score (nSPS) is 11.6. The molecule has 0 spiro atoms. The van der Waals surface area contributed by atoms with Crippen molar-refractivity contribution >= 4 is 11.3 Å². The molecule has 0 atom stereocenters. The van der Waals surface area contributed by atoms with Crippen LogP contribution in [0.2, 0.25) is 0 Å². The first-order chi connectivity index (χ1) is 10.4. The van der Waals surface area contributed by atoms with E-state index in [1.54, 1.807) is 11.3 Å². The zero-order chi connectivity index (χ0) is 15.7. The van der Waals surface area contributed by atoms with Gasteiger partial charge < -0.3 is 0 Å². The van der Waals surface area contributed by atoms with Crippen molar-refractivity contribution in [1.29, 1.82) is 0 Å². The Morgan fingerprint density at radius 3 is 2.05 bits per heavy atom. The van der Waals surface area contributed by atoms with Gasteiger partial charge in [-0.3, -0.25) is 0 Å². The molecule has 1 nitrogen and oxygen atoms in total. The first kappa shape index (κ1) is 15.0. The molecular formula is C20H21NS. The number of thiazole rings is 1. The molecule has 0 radical (unpaired) electrons. The second-order valence-electron chi connectivity index (χ2n) is 6.62. The summed E-state index contributed by atoms with van der Waals surface area (Å²) in [5.41, 5.74) is 5.03. The lowest BCUT2D eigenvalue weighted by molar-refractivity contribution is 0.590. The van der Waals surface area contributed by atoms with Crippen molar-refractivity contribution in [3.05, 3.63) is 65.0 Å². The number of rotatable bonds is 2. The van der Waals surface area contributed by atoms with Crippen molar-refractivity contribution in [3.8, 4) is 21.8 Å². The Morgan fingerprint density at radius 1 is 0.818 bits per heavy atom. The lowest BCUT2D eigenvalue weighted by atomic mass is 9.86. The molecule has 0 aliphatic rings. The van der Waals surface area contributed by atoms with Crippen LogP contribution >= 0.6 is 11.3 Å². The molecule has 0 aliphatic heterocycles. The molecule has 22 heavy (non-hydrogen) atoms. The molecular weight excluding hydrogens is 286 g/mol. The fourth-order valence-electron chi connectivity index (χ4n) is 2.50. The SMILES string of the molecule is Cc1sc(-c2ccccc2)nc1-c1ccc(C(C)(C)C)cc1. The number of hydrogen-bond acceptors (Lipinski definition) is 2. The van der Waals surface area contributed by atoms with Gasteiger partial charge in [0.25, 0.3) is 0 Å². The Balaban J connectivity index is 1.98. The maximum Gasteiger partial charge on any atom is 0.124 e. The summed E-state index contributed by atoms with van der Waals surface area (Å²) < 4.78 is 0. The van der Waals surface area contributed by atoms with Gasteiger partial charge in [0.05, 0.1) is 5.69 Å². The number of aryl methyl sites for hydroxylation is 1. The third kappa shape index (κ3) is 2.97. The van der Waals surface area contributed by atoms with Gasteiger partial charge in [-0.25, -0.2) is 4.98 Å². The van der Waals surface area contributed by atoms with E-state index < -0.39 is 0 Å². The van der Waals surface area contributed by atoms with E-state index in [9.17, 15) is 0 Å². The summed E-state index contributed by atoms with van der Waals surface area (Å²) in [5.74, 6) is 0.